The van der Waals surface area contributed by atoms with Crippen molar-refractivity contribution in [3.8, 4) is 0 Å². The molecular formula is C31H36FN3O3. The highest BCUT2D eigenvalue weighted by Crippen LogP contribution is 2.27. The summed E-state index contributed by atoms with van der Waals surface area (Å²) in [6.07, 6.45) is 3.20. The molecule has 2 amide bonds. The molecule has 0 bridgehead atoms. The van der Waals surface area contributed by atoms with Gasteiger partial charge in [-0.15, -0.1) is 0 Å². The number of aliphatic hydroxyl groups is 1. The van der Waals surface area contributed by atoms with Crippen LogP contribution in [0.4, 0.5) is 14.9 Å². The van der Waals surface area contributed by atoms with E-state index in [0.717, 1.165) is 43.5 Å². The van der Waals surface area contributed by atoms with E-state index in [0.29, 0.717) is 30.1 Å². The van der Waals surface area contributed by atoms with E-state index >= 15 is 0 Å². The van der Waals surface area contributed by atoms with Gasteiger partial charge in [0.1, 0.15) is 5.82 Å². The first-order valence-corrected chi connectivity index (χ1v) is 13.1. The second-order valence-electron chi connectivity index (χ2n) is 10.5. The lowest BCUT2D eigenvalue weighted by atomic mass is 9.88. The molecule has 0 aliphatic carbocycles. The zero-order valence-corrected chi connectivity index (χ0v) is 21.9. The van der Waals surface area contributed by atoms with Gasteiger partial charge in [0, 0.05) is 24.2 Å². The van der Waals surface area contributed by atoms with E-state index in [1.165, 1.54) is 24.0 Å². The van der Waals surface area contributed by atoms with Crippen LogP contribution in [-0.4, -0.2) is 53.6 Å². The van der Waals surface area contributed by atoms with Gasteiger partial charge >= 0.3 is 6.03 Å². The first kappa shape index (κ1) is 27.5. The van der Waals surface area contributed by atoms with E-state index in [1.807, 2.05) is 42.5 Å². The third-order valence-electron chi connectivity index (χ3n) is 7.32. The number of rotatable bonds is 10. The molecule has 1 fully saturated rings. The number of carbonyl (C=O) groups excluding carboxylic acids is 2. The van der Waals surface area contributed by atoms with Crippen LogP contribution in [0.2, 0.25) is 0 Å². The number of β-amino-alcohol motifs (C(OH)–C–C–N with tert-alkyl or cyclic N) is 1. The molecule has 38 heavy (non-hydrogen) atoms. The van der Waals surface area contributed by atoms with E-state index in [9.17, 15) is 19.1 Å². The van der Waals surface area contributed by atoms with Gasteiger partial charge < -0.3 is 15.7 Å². The van der Waals surface area contributed by atoms with E-state index in [2.05, 4.69) is 4.90 Å². The number of urea groups is 1. The molecule has 1 aliphatic rings. The van der Waals surface area contributed by atoms with Gasteiger partial charge in [0.05, 0.1) is 12.1 Å². The Morgan fingerprint density at radius 2 is 1.68 bits per heavy atom. The van der Waals surface area contributed by atoms with Crippen LogP contribution in [0.1, 0.15) is 41.3 Å². The number of benzene rings is 3. The highest BCUT2D eigenvalue weighted by Gasteiger charge is 2.35. The maximum atomic E-state index is 13.3. The monoisotopic (exact) mass is 517 g/mol. The average molecular weight is 518 g/mol. The van der Waals surface area contributed by atoms with Crippen LogP contribution in [0.15, 0.2) is 78.9 Å². The molecule has 4 rings (SSSR count). The van der Waals surface area contributed by atoms with Gasteiger partial charge in [-0.05, 0) is 80.6 Å². The Balaban J connectivity index is 1.49. The van der Waals surface area contributed by atoms with Gasteiger partial charge in [-0.2, -0.15) is 0 Å². The lowest BCUT2D eigenvalue weighted by Crippen LogP contribution is -2.55. The summed E-state index contributed by atoms with van der Waals surface area (Å²) < 4.78 is 13.3. The minimum Gasteiger partial charge on any atom is -0.386 e. The minimum absolute atomic E-state index is 0.00586. The van der Waals surface area contributed by atoms with Gasteiger partial charge in [-0.3, -0.25) is 9.69 Å². The van der Waals surface area contributed by atoms with Gasteiger partial charge in [0.25, 0.3) is 0 Å². The molecule has 0 unspecified atom stereocenters. The lowest BCUT2D eigenvalue weighted by Gasteiger charge is -2.40. The van der Waals surface area contributed by atoms with Crippen molar-refractivity contribution in [2.75, 3.05) is 31.1 Å². The topological polar surface area (TPSA) is 86.9 Å². The summed E-state index contributed by atoms with van der Waals surface area (Å²) in [6.45, 7) is 3.48. The van der Waals surface area contributed by atoms with Crippen LogP contribution < -0.4 is 10.6 Å². The minimum atomic E-state index is -1.27. The Morgan fingerprint density at radius 3 is 2.32 bits per heavy atom. The molecule has 1 aliphatic heterocycles. The van der Waals surface area contributed by atoms with Gasteiger partial charge in [-0.1, -0.05) is 54.6 Å². The molecule has 0 spiro atoms. The van der Waals surface area contributed by atoms with Crippen molar-refractivity contribution in [1.29, 1.82) is 0 Å². The van der Waals surface area contributed by atoms with Crippen molar-refractivity contribution in [3.05, 3.63) is 101 Å². The number of hydrogen-bond donors (Lipinski definition) is 2. The van der Waals surface area contributed by atoms with E-state index in [1.54, 1.807) is 24.3 Å². The fourth-order valence-electron chi connectivity index (χ4n) is 5.34. The highest BCUT2D eigenvalue weighted by molar-refractivity contribution is 5.97. The molecule has 3 N–H and O–H groups in total. The van der Waals surface area contributed by atoms with E-state index in [4.69, 9.17) is 5.73 Å². The third kappa shape index (κ3) is 7.49. The fourth-order valence-corrected chi connectivity index (χ4v) is 5.34. The fraction of sp³-hybridized carbons (Fsp3) is 0.355. The number of halogens is 1. The quantitative estimate of drug-likeness (QED) is 0.377. The molecule has 1 heterocycles. The maximum absolute atomic E-state index is 13.3. The summed E-state index contributed by atoms with van der Waals surface area (Å²) in [7, 11) is 0. The lowest BCUT2D eigenvalue weighted by molar-refractivity contribution is 0.00163. The predicted octanol–water partition coefficient (Wildman–Crippen LogP) is 4.84. The standard InChI is InChI=1S/C31H36FN3O3/c1-23(36)27-8-5-9-29(19-27)35(30(33)37)22-31(38,20-26-6-3-2-4-7-26)21-34-16-14-25(15-17-34)18-24-10-12-28(32)13-11-24/h2-13,19,25,38H,14-18,20-22H2,1H3,(H2,33,37)/t31-/m0/s1. The maximum Gasteiger partial charge on any atom is 0.319 e. The molecule has 3 aromatic rings. The summed E-state index contributed by atoms with van der Waals surface area (Å²) in [5, 5.41) is 12.0. The number of nitrogens with two attached hydrogens (primary N) is 1. The molecule has 1 saturated heterocycles. The Hall–Kier alpha value is -3.55. The van der Waals surface area contributed by atoms with Crippen molar-refractivity contribution in [2.24, 2.45) is 11.7 Å². The molecule has 0 saturated carbocycles. The molecular weight excluding hydrogens is 481 g/mol. The van der Waals surface area contributed by atoms with Crippen LogP contribution in [0.5, 0.6) is 0 Å². The van der Waals surface area contributed by atoms with Crippen LogP contribution in [0.3, 0.4) is 0 Å². The molecule has 6 nitrogen and oxygen atoms in total. The second-order valence-corrected chi connectivity index (χ2v) is 10.5. The average Bonchev–Trinajstić information content (AvgIpc) is 2.90. The first-order chi connectivity index (χ1) is 18.2. The summed E-state index contributed by atoms with van der Waals surface area (Å²) in [5.41, 5.74) is 7.56. The van der Waals surface area contributed by atoms with Crippen LogP contribution in [0, 0.1) is 11.7 Å². The second kappa shape index (κ2) is 12.3. The van der Waals surface area contributed by atoms with Gasteiger partial charge in [0.15, 0.2) is 5.78 Å². The zero-order valence-electron chi connectivity index (χ0n) is 21.9. The summed E-state index contributed by atoms with van der Waals surface area (Å²) in [6, 6.07) is 22.5. The number of amides is 2. The largest absolute Gasteiger partial charge is 0.386 e. The van der Waals surface area contributed by atoms with Gasteiger partial charge in [-0.25, -0.2) is 9.18 Å². The summed E-state index contributed by atoms with van der Waals surface area (Å²) in [4.78, 5) is 28.1. The smallest absolute Gasteiger partial charge is 0.319 e. The number of carbonyl (C=O) groups is 2. The predicted molar refractivity (Wildman–Crippen MR) is 148 cm³/mol. The Morgan fingerprint density at radius 1 is 1.00 bits per heavy atom. The Labute approximate surface area is 223 Å². The van der Waals surface area contributed by atoms with E-state index in [-0.39, 0.29) is 18.1 Å². The van der Waals surface area contributed by atoms with Crippen molar-refractivity contribution in [3.63, 3.8) is 0 Å². The van der Waals surface area contributed by atoms with Crippen molar-refractivity contribution < 1.29 is 19.1 Å². The molecule has 7 heteroatoms. The third-order valence-corrected chi connectivity index (χ3v) is 7.32. The zero-order chi connectivity index (χ0) is 27.1. The molecule has 3 aromatic carbocycles. The number of hydrogen-bond acceptors (Lipinski definition) is 4. The highest BCUT2D eigenvalue weighted by atomic mass is 19.1. The van der Waals surface area contributed by atoms with Crippen molar-refractivity contribution >= 4 is 17.5 Å². The van der Waals surface area contributed by atoms with Crippen LogP contribution >= 0.6 is 0 Å². The SMILES string of the molecule is CC(=O)c1cccc(N(C[C@](O)(Cc2ccccc2)CN2CCC(Cc3ccc(F)cc3)CC2)C(N)=O)c1. The number of likely N-dealkylation sites (tertiary alicyclic amines) is 1. The normalized spacial score (nSPS) is 16.1. The van der Waals surface area contributed by atoms with Crippen LogP contribution in [-0.2, 0) is 12.8 Å². The molecule has 1 atom stereocenters. The number of piperidine rings is 1. The number of primary amides is 1. The number of Topliss-reactive ketones (excluding diaryl/α,β-unsaturated/α-hetero) is 1. The number of ketones is 1. The summed E-state index contributed by atoms with van der Waals surface area (Å²) >= 11 is 0. The molecule has 0 aromatic heterocycles. The number of nitrogens with zero attached hydrogens (tertiary/aromatic N) is 2. The van der Waals surface area contributed by atoms with Crippen LogP contribution in [0.25, 0.3) is 0 Å². The van der Waals surface area contributed by atoms with Gasteiger partial charge in [0.2, 0.25) is 0 Å². The van der Waals surface area contributed by atoms with Crippen molar-refractivity contribution in [2.45, 2.75) is 38.2 Å². The number of anilines is 1. The Kier molecular flexibility index (Phi) is 8.92. The van der Waals surface area contributed by atoms with E-state index < -0.39 is 11.6 Å². The van der Waals surface area contributed by atoms with Crippen molar-refractivity contribution in [1.82, 2.24) is 4.90 Å². The first-order valence-electron chi connectivity index (χ1n) is 13.1. The molecule has 0 radical (unpaired) electrons. The Bertz CT molecular complexity index is 1230. The summed E-state index contributed by atoms with van der Waals surface area (Å²) in [5.74, 6) is 0.161. The molecule has 200 valence electrons.